The molecule has 0 spiro atoms. The molecule has 2 aliphatic rings. The van der Waals surface area contributed by atoms with Crippen LogP contribution in [0.1, 0.15) is 25.8 Å². The zero-order chi connectivity index (χ0) is 22.3. The molecule has 8 heteroatoms. The van der Waals surface area contributed by atoms with Gasteiger partial charge in [0.2, 0.25) is 11.8 Å². The molecule has 2 aliphatic heterocycles. The summed E-state index contributed by atoms with van der Waals surface area (Å²) in [4.78, 5) is 30.3. The predicted molar refractivity (Wildman–Crippen MR) is 121 cm³/mol. The Labute approximate surface area is 184 Å². The molecular formula is C22H33ClN4O3. The number of benzene rings is 1. The van der Waals surface area contributed by atoms with Gasteiger partial charge in [-0.2, -0.15) is 0 Å². The quantitative estimate of drug-likeness (QED) is 0.548. The number of anilines is 1. The molecule has 166 valence electrons. The average Bonchev–Trinajstić information content (AvgIpc) is 3.26. The standard InChI is InChI=1S/C20H27ClN4O3.C2H6/c1-3-19(27)25-5-4-15(13-25)23-6-8-24(9-7-23)20(28)12-22-17-10-14(2)16(21)11-18(17)26;1-2/h3,10-11,15,22,26H,1,4-9,12-13H2,2H3;1-2H3. The topological polar surface area (TPSA) is 76.1 Å². The van der Waals surface area contributed by atoms with E-state index in [1.807, 2.05) is 30.6 Å². The number of hydrogen-bond acceptors (Lipinski definition) is 5. The lowest BCUT2D eigenvalue weighted by Gasteiger charge is -2.38. The maximum atomic E-state index is 12.5. The Morgan fingerprint density at radius 1 is 1.20 bits per heavy atom. The molecule has 30 heavy (non-hydrogen) atoms. The fourth-order valence-corrected chi connectivity index (χ4v) is 3.96. The van der Waals surface area contributed by atoms with Gasteiger partial charge in [0.15, 0.2) is 0 Å². The number of halogens is 1. The second kappa shape index (κ2) is 11.2. The SMILES string of the molecule is C=CC(=O)N1CCC(N2CCN(C(=O)CNc3cc(C)c(Cl)cc3O)CC2)C1.CC. The molecule has 0 radical (unpaired) electrons. The number of rotatable bonds is 5. The first-order valence-electron chi connectivity index (χ1n) is 10.5. The summed E-state index contributed by atoms with van der Waals surface area (Å²) in [7, 11) is 0. The van der Waals surface area contributed by atoms with Crippen molar-refractivity contribution < 1.29 is 14.7 Å². The Balaban J connectivity index is 0.00000155. The van der Waals surface area contributed by atoms with Crippen LogP contribution in [-0.2, 0) is 9.59 Å². The summed E-state index contributed by atoms with van der Waals surface area (Å²) in [5.41, 5.74) is 1.34. The summed E-state index contributed by atoms with van der Waals surface area (Å²) in [6.45, 7) is 14.0. The van der Waals surface area contributed by atoms with Crippen molar-refractivity contribution in [2.45, 2.75) is 33.2 Å². The molecule has 1 unspecified atom stereocenters. The van der Waals surface area contributed by atoms with Crippen LogP contribution in [0.25, 0.3) is 0 Å². The molecule has 2 heterocycles. The van der Waals surface area contributed by atoms with Gasteiger partial charge in [-0.1, -0.05) is 32.0 Å². The van der Waals surface area contributed by atoms with Crippen LogP contribution in [0.5, 0.6) is 5.75 Å². The molecule has 3 rings (SSSR count). The van der Waals surface area contributed by atoms with Crippen molar-refractivity contribution in [1.82, 2.24) is 14.7 Å². The van der Waals surface area contributed by atoms with Gasteiger partial charge in [-0.05, 0) is 31.1 Å². The van der Waals surface area contributed by atoms with E-state index in [4.69, 9.17) is 11.6 Å². The van der Waals surface area contributed by atoms with Gasteiger partial charge >= 0.3 is 0 Å². The minimum atomic E-state index is -0.0110. The van der Waals surface area contributed by atoms with Crippen LogP contribution in [0.3, 0.4) is 0 Å². The number of piperazine rings is 1. The highest BCUT2D eigenvalue weighted by Gasteiger charge is 2.32. The van der Waals surface area contributed by atoms with E-state index >= 15 is 0 Å². The molecule has 2 N–H and O–H groups in total. The van der Waals surface area contributed by atoms with Crippen LogP contribution < -0.4 is 5.32 Å². The van der Waals surface area contributed by atoms with E-state index in [2.05, 4.69) is 16.8 Å². The number of hydrogen-bond donors (Lipinski definition) is 2. The number of phenolic OH excluding ortho intramolecular Hbond substituents is 1. The fourth-order valence-electron chi connectivity index (χ4n) is 3.80. The van der Waals surface area contributed by atoms with Crippen molar-refractivity contribution in [2.24, 2.45) is 0 Å². The van der Waals surface area contributed by atoms with Crippen molar-refractivity contribution in [2.75, 3.05) is 51.1 Å². The molecule has 2 fully saturated rings. The van der Waals surface area contributed by atoms with Crippen molar-refractivity contribution in [3.8, 4) is 5.75 Å². The number of phenols is 1. The Morgan fingerprint density at radius 3 is 2.50 bits per heavy atom. The lowest BCUT2D eigenvalue weighted by atomic mass is 10.2. The van der Waals surface area contributed by atoms with E-state index in [1.54, 1.807) is 6.07 Å². The van der Waals surface area contributed by atoms with Gasteiger partial charge in [0, 0.05) is 56.4 Å². The Morgan fingerprint density at radius 2 is 1.87 bits per heavy atom. The lowest BCUT2D eigenvalue weighted by Crippen LogP contribution is -2.53. The van der Waals surface area contributed by atoms with Crippen LogP contribution >= 0.6 is 11.6 Å². The second-order valence-electron chi connectivity index (χ2n) is 7.32. The molecular weight excluding hydrogens is 404 g/mol. The third kappa shape index (κ3) is 5.89. The van der Waals surface area contributed by atoms with E-state index in [9.17, 15) is 14.7 Å². The van der Waals surface area contributed by atoms with Gasteiger partial charge in [0.1, 0.15) is 5.75 Å². The maximum absolute atomic E-state index is 12.5. The van der Waals surface area contributed by atoms with Crippen molar-refractivity contribution in [3.63, 3.8) is 0 Å². The zero-order valence-electron chi connectivity index (χ0n) is 18.2. The van der Waals surface area contributed by atoms with Crippen molar-refractivity contribution >= 4 is 29.1 Å². The summed E-state index contributed by atoms with van der Waals surface area (Å²) >= 11 is 5.98. The largest absolute Gasteiger partial charge is 0.506 e. The van der Waals surface area contributed by atoms with Gasteiger partial charge in [-0.3, -0.25) is 14.5 Å². The van der Waals surface area contributed by atoms with Gasteiger partial charge in [0.25, 0.3) is 0 Å². The number of aromatic hydroxyl groups is 1. The zero-order valence-corrected chi connectivity index (χ0v) is 18.9. The number of carbonyl (C=O) groups excluding carboxylic acids is 2. The molecule has 2 amide bonds. The Bertz CT molecular complexity index is 763. The summed E-state index contributed by atoms with van der Waals surface area (Å²) in [5, 5.41) is 13.5. The second-order valence-corrected chi connectivity index (χ2v) is 7.73. The smallest absolute Gasteiger partial charge is 0.246 e. The van der Waals surface area contributed by atoms with E-state index in [-0.39, 0.29) is 24.1 Å². The Hall–Kier alpha value is -2.25. The number of nitrogens with one attached hydrogen (secondary N) is 1. The van der Waals surface area contributed by atoms with Crippen molar-refractivity contribution in [1.29, 1.82) is 0 Å². The van der Waals surface area contributed by atoms with Gasteiger partial charge in [-0.25, -0.2) is 0 Å². The van der Waals surface area contributed by atoms with E-state index in [0.29, 0.717) is 29.8 Å². The number of carbonyl (C=O) groups is 2. The molecule has 7 nitrogen and oxygen atoms in total. The minimum Gasteiger partial charge on any atom is -0.506 e. The summed E-state index contributed by atoms with van der Waals surface area (Å²) in [5.74, 6) is 0.0256. The molecule has 1 atom stereocenters. The molecule has 0 saturated carbocycles. The number of nitrogens with zero attached hydrogens (tertiary/aromatic N) is 3. The number of likely N-dealkylation sites (tertiary alicyclic amines) is 1. The maximum Gasteiger partial charge on any atom is 0.246 e. The lowest BCUT2D eigenvalue weighted by molar-refractivity contribution is -0.131. The van der Waals surface area contributed by atoms with Crippen LogP contribution in [-0.4, -0.2) is 83.5 Å². The molecule has 1 aromatic carbocycles. The highest BCUT2D eigenvalue weighted by molar-refractivity contribution is 6.31. The molecule has 0 aromatic heterocycles. The van der Waals surface area contributed by atoms with Crippen LogP contribution in [0, 0.1) is 6.92 Å². The summed E-state index contributed by atoms with van der Waals surface area (Å²) in [6, 6.07) is 3.57. The third-order valence-corrected chi connectivity index (χ3v) is 5.95. The van der Waals surface area contributed by atoms with Gasteiger partial charge < -0.3 is 20.2 Å². The molecule has 0 bridgehead atoms. The molecule has 1 aromatic rings. The monoisotopic (exact) mass is 436 g/mol. The van der Waals surface area contributed by atoms with Gasteiger partial charge in [0.05, 0.1) is 12.2 Å². The highest BCUT2D eigenvalue weighted by atomic mass is 35.5. The van der Waals surface area contributed by atoms with E-state index in [1.165, 1.54) is 12.1 Å². The summed E-state index contributed by atoms with van der Waals surface area (Å²) in [6.07, 6.45) is 2.33. The normalized spacial score (nSPS) is 19.1. The Kier molecular flexibility index (Phi) is 8.99. The van der Waals surface area contributed by atoms with Gasteiger partial charge in [-0.15, -0.1) is 0 Å². The first-order chi connectivity index (χ1) is 14.4. The van der Waals surface area contributed by atoms with Crippen LogP contribution in [0.2, 0.25) is 5.02 Å². The number of amides is 2. The number of aryl methyl sites for hydroxylation is 1. The minimum absolute atomic E-state index is 0.00142. The van der Waals surface area contributed by atoms with E-state index in [0.717, 1.165) is 38.2 Å². The van der Waals surface area contributed by atoms with Crippen molar-refractivity contribution in [3.05, 3.63) is 35.4 Å². The third-order valence-electron chi connectivity index (χ3n) is 5.54. The fraction of sp³-hybridized carbons (Fsp3) is 0.545. The van der Waals surface area contributed by atoms with Crippen LogP contribution in [0.15, 0.2) is 24.8 Å². The first-order valence-corrected chi connectivity index (χ1v) is 10.9. The summed E-state index contributed by atoms with van der Waals surface area (Å²) < 4.78 is 0. The molecule has 0 aliphatic carbocycles. The van der Waals surface area contributed by atoms with Crippen LogP contribution in [0.4, 0.5) is 5.69 Å². The predicted octanol–water partition coefficient (Wildman–Crippen LogP) is 2.72. The highest BCUT2D eigenvalue weighted by Crippen LogP contribution is 2.29. The first kappa shape index (κ1) is 24.0. The average molecular weight is 437 g/mol. The molecule has 2 saturated heterocycles. The van der Waals surface area contributed by atoms with E-state index < -0.39 is 0 Å².